The van der Waals surface area contributed by atoms with Crippen LogP contribution in [0.4, 0.5) is 5.69 Å². The van der Waals surface area contributed by atoms with E-state index in [2.05, 4.69) is 27.3 Å². The van der Waals surface area contributed by atoms with Crippen LogP contribution in [0.5, 0.6) is 0 Å². The summed E-state index contributed by atoms with van der Waals surface area (Å²) in [7, 11) is 0. The first-order valence-electron chi connectivity index (χ1n) is 5.31. The van der Waals surface area contributed by atoms with E-state index in [1.807, 2.05) is 19.9 Å². The van der Waals surface area contributed by atoms with Crippen LogP contribution in [-0.2, 0) is 16.6 Å². The fourth-order valence-electron chi connectivity index (χ4n) is 1.99. The smallest absolute Gasteiger partial charge is 0.234 e. The van der Waals surface area contributed by atoms with Crippen molar-refractivity contribution < 1.29 is 4.79 Å². The average Bonchev–Trinajstić information content (AvgIpc) is 2.42. The SMILES string of the molecule is CC1(C)C(=O)Nc2c(Br)cc(CCN)cc21. The first-order valence-corrected chi connectivity index (χ1v) is 6.10. The monoisotopic (exact) mass is 282 g/mol. The molecule has 1 amide bonds. The zero-order valence-electron chi connectivity index (χ0n) is 9.43. The van der Waals surface area contributed by atoms with Crippen molar-refractivity contribution in [2.75, 3.05) is 11.9 Å². The van der Waals surface area contributed by atoms with Crippen LogP contribution in [0.1, 0.15) is 25.0 Å². The molecule has 1 aliphatic rings. The minimum absolute atomic E-state index is 0.0492. The molecule has 0 bridgehead atoms. The first-order chi connectivity index (χ1) is 7.46. The number of nitrogens with one attached hydrogen (secondary N) is 1. The van der Waals surface area contributed by atoms with Crippen LogP contribution >= 0.6 is 15.9 Å². The second-order valence-corrected chi connectivity index (χ2v) is 5.47. The predicted molar refractivity (Wildman–Crippen MR) is 68.6 cm³/mol. The molecule has 2 rings (SSSR count). The molecule has 0 saturated carbocycles. The summed E-state index contributed by atoms with van der Waals surface area (Å²) in [6, 6.07) is 4.10. The van der Waals surface area contributed by atoms with Gasteiger partial charge in [-0.05, 0) is 59.9 Å². The Kier molecular flexibility index (Phi) is 2.80. The molecule has 86 valence electrons. The third-order valence-electron chi connectivity index (χ3n) is 3.06. The fourth-order valence-corrected chi connectivity index (χ4v) is 2.59. The number of rotatable bonds is 2. The van der Waals surface area contributed by atoms with Crippen LogP contribution in [0.25, 0.3) is 0 Å². The molecule has 0 radical (unpaired) electrons. The summed E-state index contributed by atoms with van der Waals surface area (Å²) < 4.78 is 0.937. The van der Waals surface area contributed by atoms with Crippen LogP contribution < -0.4 is 11.1 Å². The molecule has 0 atom stereocenters. The first kappa shape index (κ1) is 11.6. The molecule has 0 spiro atoms. The second kappa shape index (κ2) is 3.86. The summed E-state index contributed by atoms with van der Waals surface area (Å²) in [4.78, 5) is 11.8. The van der Waals surface area contributed by atoms with Gasteiger partial charge in [0.05, 0.1) is 11.1 Å². The molecule has 16 heavy (non-hydrogen) atoms. The molecular formula is C12H15BrN2O. The van der Waals surface area contributed by atoms with Gasteiger partial charge < -0.3 is 11.1 Å². The Morgan fingerprint density at radius 2 is 2.12 bits per heavy atom. The highest BCUT2D eigenvalue weighted by Crippen LogP contribution is 2.42. The van der Waals surface area contributed by atoms with Gasteiger partial charge in [0.15, 0.2) is 0 Å². The molecule has 1 aliphatic heterocycles. The van der Waals surface area contributed by atoms with E-state index in [1.165, 1.54) is 0 Å². The number of carbonyl (C=O) groups excluding carboxylic acids is 1. The van der Waals surface area contributed by atoms with E-state index in [4.69, 9.17) is 5.73 Å². The molecule has 3 nitrogen and oxygen atoms in total. The summed E-state index contributed by atoms with van der Waals surface area (Å²) in [6.07, 6.45) is 0.830. The quantitative estimate of drug-likeness (QED) is 0.874. The van der Waals surface area contributed by atoms with Gasteiger partial charge in [-0.15, -0.1) is 0 Å². The molecule has 0 aliphatic carbocycles. The van der Waals surface area contributed by atoms with E-state index in [-0.39, 0.29) is 5.91 Å². The maximum Gasteiger partial charge on any atom is 0.234 e. The molecule has 3 N–H and O–H groups in total. The van der Waals surface area contributed by atoms with Gasteiger partial charge in [-0.3, -0.25) is 4.79 Å². The van der Waals surface area contributed by atoms with Gasteiger partial charge in [0.2, 0.25) is 5.91 Å². The topological polar surface area (TPSA) is 55.1 Å². The lowest BCUT2D eigenvalue weighted by atomic mass is 9.85. The Morgan fingerprint density at radius 3 is 2.75 bits per heavy atom. The predicted octanol–water partition coefficient (Wildman–Crippen LogP) is 2.18. The van der Waals surface area contributed by atoms with E-state index in [9.17, 15) is 4.79 Å². The normalized spacial score (nSPS) is 17.1. The number of halogens is 1. The summed E-state index contributed by atoms with van der Waals surface area (Å²) in [5.41, 5.74) is 8.21. The van der Waals surface area contributed by atoms with E-state index >= 15 is 0 Å². The summed E-state index contributed by atoms with van der Waals surface area (Å²) in [5, 5.41) is 2.91. The van der Waals surface area contributed by atoms with Gasteiger partial charge in [0, 0.05) is 4.47 Å². The standard InChI is InChI=1S/C12H15BrN2O/c1-12(2)8-5-7(3-4-14)6-9(13)10(8)15-11(12)16/h5-6H,3-4,14H2,1-2H3,(H,15,16). The van der Waals surface area contributed by atoms with Crippen LogP contribution in [0, 0.1) is 0 Å². The number of nitrogens with two attached hydrogens (primary N) is 1. The van der Waals surface area contributed by atoms with Crippen molar-refractivity contribution in [3.05, 3.63) is 27.7 Å². The minimum atomic E-state index is -0.456. The van der Waals surface area contributed by atoms with Crippen molar-refractivity contribution in [2.45, 2.75) is 25.7 Å². The Labute approximate surface area is 104 Å². The molecule has 1 aromatic rings. The van der Waals surface area contributed by atoms with Crippen molar-refractivity contribution in [3.63, 3.8) is 0 Å². The zero-order chi connectivity index (χ0) is 11.9. The van der Waals surface area contributed by atoms with Crippen molar-refractivity contribution >= 4 is 27.5 Å². The van der Waals surface area contributed by atoms with Crippen LogP contribution in [0.2, 0.25) is 0 Å². The molecular weight excluding hydrogens is 268 g/mol. The zero-order valence-corrected chi connectivity index (χ0v) is 11.0. The second-order valence-electron chi connectivity index (χ2n) is 4.62. The van der Waals surface area contributed by atoms with Gasteiger partial charge in [-0.1, -0.05) is 6.07 Å². The number of amides is 1. The highest BCUT2D eigenvalue weighted by Gasteiger charge is 2.39. The third kappa shape index (κ3) is 1.66. The van der Waals surface area contributed by atoms with Crippen molar-refractivity contribution in [3.8, 4) is 0 Å². The Bertz CT molecular complexity index is 455. The number of fused-ring (bicyclic) bond motifs is 1. The fraction of sp³-hybridized carbons (Fsp3) is 0.417. The van der Waals surface area contributed by atoms with Gasteiger partial charge in [-0.25, -0.2) is 0 Å². The average molecular weight is 283 g/mol. The number of hydrogen-bond acceptors (Lipinski definition) is 2. The minimum Gasteiger partial charge on any atom is -0.330 e. The van der Waals surface area contributed by atoms with Crippen LogP contribution in [0.3, 0.4) is 0 Å². The number of benzene rings is 1. The lowest BCUT2D eigenvalue weighted by Gasteiger charge is -2.16. The summed E-state index contributed by atoms with van der Waals surface area (Å²) in [5.74, 6) is 0.0492. The Hall–Kier alpha value is -0.870. The number of hydrogen-bond donors (Lipinski definition) is 2. The van der Waals surface area contributed by atoms with E-state index in [0.717, 1.165) is 27.7 Å². The third-order valence-corrected chi connectivity index (χ3v) is 3.69. The van der Waals surface area contributed by atoms with Gasteiger partial charge in [0.25, 0.3) is 0 Å². The van der Waals surface area contributed by atoms with E-state index in [0.29, 0.717) is 6.54 Å². The number of anilines is 1. The largest absolute Gasteiger partial charge is 0.330 e. The van der Waals surface area contributed by atoms with E-state index < -0.39 is 5.41 Å². The molecule has 4 heteroatoms. The van der Waals surface area contributed by atoms with Crippen LogP contribution in [0.15, 0.2) is 16.6 Å². The highest BCUT2D eigenvalue weighted by molar-refractivity contribution is 9.10. The molecule has 0 saturated heterocycles. The molecule has 1 heterocycles. The van der Waals surface area contributed by atoms with Gasteiger partial charge >= 0.3 is 0 Å². The molecule has 0 aromatic heterocycles. The lowest BCUT2D eigenvalue weighted by molar-refractivity contribution is -0.119. The van der Waals surface area contributed by atoms with Crippen molar-refractivity contribution in [1.82, 2.24) is 0 Å². The van der Waals surface area contributed by atoms with Gasteiger partial charge in [0.1, 0.15) is 0 Å². The molecule has 1 aromatic carbocycles. The highest BCUT2D eigenvalue weighted by atomic mass is 79.9. The van der Waals surface area contributed by atoms with Crippen molar-refractivity contribution in [1.29, 1.82) is 0 Å². The van der Waals surface area contributed by atoms with Crippen molar-refractivity contribution in [2.24, 2.45) is 5.73 Å². The molecule has 0 unspecified atom stereocenters. The van der Waals surface area contributed by atoms with E-state index in [1.54, 1.807) is 0 Å². The van der Waals surface area contributed by atoms with Crippen LogP contribution in [-0.4, -0.2) is 12.5 Å². The van der Waals surface area contributed by atoms with Gasteiger partial charge in [-0.2, -0.15) is 0 Å². The Morgan fingerprint density at radius 1 is 1.44 bits per heavy atom. The number of carbonyl (C=O) groups is 1. The summed E-state index contributed by atoms with van der Waals surface area (Å²) >= 11 is 3.49. The maximum atomic E-state index is 11.8. The summed E-state index contributed by atoms with van der Waals surface area (Å²) in [6.45, 7) is 4.49. The Balaban J connectivity index is 2.56. The molecule has 0 fully saturated rings. The maximum absolute atomic E-state index is 11.8. The lowest BCUT2D eigenvalue weighted by Crippen LogP contribution is -2.26.